The van der Waals surface area contributed by atoms with Crippen molar-refractivity contribution in [3.8, 4) is 45.0 Å². The van der Waals surface area contributed by atoms with E-state index in [9.17, 15) is 0 Å². The summed E-state index contributed by atoms with van der Waals surface area (Å²) >= 11 is 0. The van der Waals surface area contributed by atoms with Gasteiger partial charge in [-0.2, -0.15) is 0 Å². The highest BCUT2D eigenvalue weighted by molar-refractivity contribution is 6.25. The summed E-state index contributed by atoms with van der Waals surface area (Å²) in [6.07, 6.45) is 0. The average Bonchev–Trinajstić information content (AvgIpc) is 3.58. The Kier molecular flexibility index (Phi) is 5.95. The van der Waals surface area contributed by atoms with Gasteiger partial charge in [0.15, 0.2) is 5.82 Å². The lowest BCUT2D eigenvalue weighted by Crippen LogP contribution is -1.96. The fraction of sp³-hybridized carbons (Fsp3) is 0. The first-order valence-corrected chi connectivity index (χ1v) is 16.5. The molecule has 10 aromatic rings. The molecule has 3 nitrogen and oxygen atoms in total. The molecule has 0 aliphatic heterocycles. The van der Waals surface area contributed by atoms with E-state index in [-0.39, 0.29) is 0 Å². The monoisotopic (exact) mass is 625 g/mol. The van der Waals surface area contributed by atoms with E-state index >= 15 is 0 Å². The smallest absolute Gasteiger partial charge is 0.161 e. The van der Waals surface area contributed by atoms with Gasteiger partial charge in [-0.05, 0) is 73.8 Å². The molecule has 0 saturated carbocycles. The van der Waals surface area contributed by atoms with Gasteiger partial charge in [-0.3, -0.25) is 0 Å². The lowest BCUT2D eigenvalue weighted by molar-refractivity contribution is 0.669. The Hall–Kier alpha value is -6.58. The Balaban J connectivity index is 1.21. The van der Waals surface area contributed by atoms with Crippen molar-refractivity contribution in [3.63, 3.8) is 0 Å². The SMILES string of the molecule is [2H]c1cc(-c2ccc3c4ccccc4c4ccccc4c3c2)cc2c1oc1cccc(-c3nc(-c4ccccc4)cc(-c4ccccc4)n3)c12. The fourth-order valence-corrected chi connectivity index (χ4v) is 7.28. The van der Waals surface area contributed by atoms with Crippen LogP contribution in [0.25, 0.3) is 99.3 Å². The van der Waals surface area contributed by atoms with Gasteiger partial charge < -0.3 is 4.42 Å². The van der Waals surface area contributed by atoms with E-state index in [0.29, 0.717) is 23.0 Å². The lowest BCUT2D eigenvalue weighted by atomic mass is 9.92. The number of fused-ring (bicyclic) bond motifs is 9. The van der Waals surface area contributed by atoms with Crippen molar-refractivity contribution in [2.75, 3.05) is 0 Å². The van der Waals surface area contributed by atoms with E-state index in [1.807, 2.05) is 54.6 Å². The molecule has 49 heavy (non-hydrogen) atoms. The molecule has 10 rings (SSSR count). The van der Waals surface area contributed by atoms with Crippen molar-refractivity contribution in [2.24, 2.45) is 0 Å². The van der Waals surface area contributed by atoms with Gasteiger partial charge in [-0.15, -0.1) is 0 Å². The summed E-state index contributed by atoms with van der Waals surface area (Å²) in [4.78, 5) is 10.3. The number of aromatic nitrogens is 2. The first kappa shape index (κ1) is 26.5. The van der Waals surface area contributed by atoms with Crippen LogP contribution in [-0.4, -0.2) is 9.97 Å². The minimum absolute atomic E-state index is 0.340. The molecule has 2 heterocycles. The van der Waals surface area contributed by atoms with Crippen LogP contribution in [0, 0.1) is 0 Å². The summed E-state index contributed by atoms with van der Waals surface area (Å²) in [5.74, 6) is 0.611. The van der Waals surface area contributed by atoms with E-state index in [2.05, 4.69) is 109 Å². The van der Waals surface area contributed by atoms with Crippen molar-refractivity contribution in [3.05, 3.63) is 170 Å². The largest absolute Gasteiger partial charge is 0.456 e. The zero-order valence-electron chi connectivity index (χ0n) is 27.4. The maximum atomic E-state index is 9.13. The average molecular weight is 626 g/mol. The van der Waals surface area contributed by atoms with Gasteiger partial charge in [-0.25, -0.2) is 9.97 Å². The highest BCUT2D eigenvalue weighted by atomic mass is 16.3. The number of benzene rings is 8. The third-order valence-corrected chi connectivity index (χ3v) is 9.59. The predicted octanol–water partition coefficient (Wildman–Crippen LogP) is 12.5. The molecule has 2 aromatic heterocycles. The second-order valence-corrected chi connectivity index (χ2v) is 12.5. The molecule has 0 amide bonds. The molecule has 0 bridgehead atoms. The van der Waals surface area contributed by atoms with Crippen LogP contribution in [0.4, 0.5) is 0 Å². The highest BCUT2D eigenvalue weighted by Crippen LogP contribution is 2.41. The normalized spacial score (nSPS) is 12.0. The number of hydrogen-bond donors (Lipinski definition) is 0. The third kappa shape index (κ3) is 4.51. The predicted molar refractivity (Wildman–Crippen MR) is 204 cm³/mol. The van der Waals surface area contributed by atoms with Crippen LogP contribution in [-0.2, 0) is 0 Å². The van der Waals surface area contributed by atoms with Crippen LogP contribution in [0.3, 0.4) is 0 Å². The molecule has 228 valence electrons. The van der Waals surface area contributed by atoms with Crippen LogP contribution in [0.15, 0.2) is 174 Å². The number of furan rings is 1. The maximum absolute atomic E-state index is 9.13. The number of hydrogen-bond acceptors (Lipinski definition) is 3. The van der Waals surface area contributed by atoms with Crippen LogP contribution >= 0.6 is 0 Å². The fourth-order valence-electron chi connectivity index (χ4n) is 7.28. The van der Waals surface area contributed by atoms with Crippen molar-refractivity contribution in [1.29, 1.82) is 0 Å². The summed E-state index contributed by atoms with van der Waals surface area (Å²) < 4.78 is 15.5. The second kappa shape index (κ2) is 11.0. The summed E-state index contributed by atoms with van der Waals surface area (Å²) in [5.41, 5.74) is 7.86. The van der Waals surface area contributed by atoms with E-state index in [1.165, 1.54) is 32.3 Å². The van der Waals surface area contributed by atoms with E-state index in [0.717, 1.165) is 50.0 Å². The van der Waals surface area contributed by atoms with E-state index < -0.39 is 0 Å². The molecular formula is C46H28N2O. The van der Waals surface area contributed by atoms with Gasteiger partial charge in [0.25, 0.3) is 0 Å². The standard InChI is InChI=1S/C46H28N2O/c1-3-12-29(13-4-1)41-28-42(30-14-5-2-6-15-30)48-46(47-41)38-20-11-21-44-45(38)40-27-32(23-25-43(40)49-44)31-22-24-37-35-18-8-7-16-33(35)34-17-9-10-19-36(34)39(37)26-31/h1-28H/i25D. The Labute approximate surface area is 284 Å². The molecule has 3 heteroatoms. The molecule has 0 unspecified atom stereocenters. The first-order valence-electron chi connectivity index (χ1n) is 17.0. The first-order chi connectivity index (χ1) is 24.7. The van der Waals surface area contributed by atoms with Crippen molar-refractivity contribution < 1.29 is 5.79 Å². The molecule has 0 radical (unpaired) electrons. The van der Waals surface area contributed by atoms with Gasteiger partial charge in [0.2, 0.25) is 0 Å². The molecule has 0 fully saturated rings. The zero-order valence-corrected chi connectivity index (χ0v) is 26.4. The molecule has 0 saturated heterocycles. The maximum Gasteiger partial charge on any atom is 0.161 e. The number of rotatable bonds is 4. The Morgan fingerprint density at radius 2 is 0.918 bits per heavy atom. The van der Waals surface area contributed by atoms with Gasteiger partial charge >= 0.3 is 0 Å². The van der Waals surface area contributed by atoms with Gasteiger partial charge in [-0.1, -0.05) is 140 Å². The Morgan fingerprint density at radius 1 is 0.388 bits per heavy atom. The summed E-state index contributed by atoms with van der Waals surface area (Å²) in [7, 11) is 0. The quantitative estimate of drug-likeness (QED) is 0.183. The Bertz CT molecular complexity index is 2840. The minimum atomic E-state index is 0.340. The third-order valence-electron chi connectivity index (χ3n) is 9.59. The lowest BCUT2D eigenvalue weighted by Gasteiger charge is -2.12. The van der Waals surface area contributed by atoms with Crippen LogP contribution < -0.4 is 0 Å². The summed E-state index contributed by atoms with van der Waals surface area (Å²) in [6.45, 7) is 0. The minimum Gasteiger partial charge on any atom is -0.456 e. The van der Waals surface area contributed by atoms with Crippen molar-refractivity contribution in [1.82, 2.24) is 9.97 Å². The zero-order chi connectivity index (χ0) is 33.2. The van der Waals surface area contributed by atoms with Crippen LogP contribution in [0.5, 0.6) is 0 Å². The molecular weight excluding hydrogens is 597 g/mol. The topological polar surface area (TPSA) is 38.9 Å². The van der Waals surface area contributed by atoms with Crippen LogP contribution in [0.2, 0.25) is 0 Å². The molecule has 8 aromatic carbocycles. The highest BCUT2D eigenvalue weighted by Gasteiger charge is 2.18. The Morgan fingerprint density at radius 3 is 1.55 bits per heavy atom. The van der Waals surface area contributed by atoms with Crippen molar-refractivity contribution >= 4 is 54.3 Å². The summed E-state index contributed by atoms with van der Waals surface area (Å²) in [6, 6.07) is 56.8. The number of nitrogens with zero attached hydrogens (tertiary/aromatic N) is 2. The second-order valence-electron chi connectivity index (χ2n) is 12.5. The molecule has 0 N–H and O–H groups in total. The van der Waals surface area contributed by atoms with E-state index in [1.54, 1.807) is 0 Å². The van der Waals surface area contributed by atoms with Gasteiger partial charge in [0.1, 0.15) is 11.2 Å². The molecule has 0 spiro atoms. The van der Waals surface area contributed by atoms with Gasteiger partial charge in [0.05, 0.1) is 12.8 Å². The van der Waals surface area contributed by atoms with E-state index in [4.69, 9.17) is 15.8 Å². The molecule has 0 aliphatic carbocycles. The summed E-state index contributed by atoms with van der Waals surface area (Å²) in [5, 5.41) is 9.14. The molecule has 0 atom stereocenters. The molecule has 0 aliphatic rings. The van der Waals surface area contributed by atoms with Gasteiger partial charge in [0, 0.05) is 27.5 Å². The van der Waals surface area contributed by atoms with Crippen molar-refractivity contribution in [2.45, 2.75) is 0 Å². The van der Waals surface area contributed by atoms with Crippen LogP contribution in [0.1, 0.15) is 1.37 Å².